The van der Waals surface area contributed by atoms with Crippen LogP contribution in [0.5, 0.6) is 0 Å². The van der Waals surface area contributed by atoms with Crippen LogP contribution in [0.2, 0.25) is 0 Å². The van der Waals surface area contributed by atoms with Crippen molar-refractivity contribution in [1.29, 1.82) is 0 Å². The summed E-state index contributed by atoms with van der Waals surface area (Å²) in [4.78, 5) is 10.3. The molecule has 0 amide bonds. The van der Waals surface area contributed by atoms with Crippen LogP contribution in [0, 0.1) is 0 Å². The van der Waals surface area contributed by atoms with Gasteiger partial charge in [0.2, 0.25) is 0 Å². The second kappa shape index (κ2) is 3.76. The van der Waals surface area contributed by atoms with Crippen molar-refractivity contribution >= 4 is 6.29 Å². The van der Waals surface area contributed by atoms with Crippen molar-refractivity contribution in [2.75, 3.05) is 6.61 Å². The molecule has 1 heterocycles. The van der Waals surface area contributed by atoms with Gasteiger partial charge in [0, 0.05) is 6.42 Å². The van der Waals surface area contributed by atoms with Crippen LogP contribution in [-0.4, -0.2) is 24.3 Å². The zero-order valence-corrected chi connectivity index (χ0v) is 8.63. The van der Waals surface area contributed by atoms with Crippen molar-refractivity contribution < 1.29 is 14.3 Å². The van der Waals surface area contributed by atoms with Gasteiger partial charge in [-0.1, -0.05) is 6.92 Å². The fourth-order valence-corrected chi connectivity index (χ4v) is 1.68. The summed E-state index contributed by atoms with van der Waals surface area (Å²) in [7, 11) is 0. The van der Waals surface area contributed by atoms with E-state index < -0.39 is 5.79 Å². The Bertz CT molecular complexity index is 189. The van der Waals surface area contributed by atoms with Crippen LogP contribution < -0.4 is 0 Å². The van der Waals surface area contributed by atoms with Gasteiger partial charge in [0.15, 0.2) is 5.79 Å². The molecule has 1 fully saturated rings. The Morgan fingerprint density at radius 3 is 2.54 bits per heavy atom. The van der Waals surface area contributed by atoms with Gasteiger partial charge in [-0.05, 0) is 26.7 Å². The third-order valence-corrected chi connectivity index (χ3v) is 2.51. The molecule has 0 aromatic carbocycles. The molecule has 13 heavy (non-hydrogen) atoms. The zero-order valence-electron chi connectivity index (χ0n) is 8.63. The quantitative estimate of drug-likeness (QED) is 0.629. The molecule has 76 valence electrons. The van der Waals surface area contributed by atoms with Crippen LogP contribution in [0.15, 0.2) is 0 Å². The van der Waals surface area contributed by atoms with Gasteiger partial charge in [-0.2, -0.15) is 0 Å². The number of rotatable bonds is 4. The van der Waals surface area contributed by atoms with Crippen molar-refractivity contribution in [2.45, 2.75) is 51.4 Å². The average molecular weight is 186 g/mol. The third-order valence-electron chi connectivity index (χ3n) is 2.51. The van der Waals surface area contributed by atoms with Crippen LogP contribution in [0.3, 0.4) is 0 Å². The minimum Gasteiger partial charge on any atom is -0.348 e. The number of carbonyl (C=O) groups is 1. The summed E-state index contributed by atoms with van der Waals surface area (Å²) >= 11 is 0. The van der Waals surface area contributed by atoms with Crippen molar-refractivity contribution in [2.24, 2.45) is 0 Å². The van der Waals surface area contributed by atoms with E-state index in [9.17, 15) is 4.79 Å². The monoisotopic (exact) mass is 186 g/mol. The summed E-state index contributed by atoms with van der Waals surface area (Å²) in [6, 6.07) is 0. The second-order valence-corrected chi connectivity index (χ2v) is 4.03. The number of hydrogen-bond acceptors (Lipinski definition) is 3. The zero-order chi connectivity index (χ0) is 9.95. The topological polar surface area (TPSA) is 35.5 Å². The molecule has 0 unspecified atom stereocenters. The molecule has 1 aliphatic rings. The standard InChI is InChI=1S/C10H18O3/c1-4-10(6-5-7-11)8-12-9(2,3)13-10/h7H,4-6,8H2,1-3H3/t10-/m0/s1. The normalized spacial score (nSPS) is 31.9. The summed E-state index contributed by atoms with van der Waals surface area (Å²) in [5, 5.41) is 0. The van der Waals surface area contributed by atoms with Crippen LogP contribution in [0.1, 0.15) is 40.0 Å². The van der Waals surface area contributed by atoms with E-state index in [-0.39, 0.29) is 5.60 Å². The average Bonchev–Trinajstić information content (AvgIpc) is 2.40. The molecule has 1 atom stereocenters. The van der Waals surface area contributed by atoms with Gasteiger partial charge in [0.25, 0.3) is 0 Å². The molecule has 0 spiro atoms. The van der Waals surface area contributed by atoms with Gasteiger partial charge in [0.05, 0.1) is 12.2 Å². The summed E-state index contributed by atoms with van der Waals surface area (Å²) in [6.45, 7) is 6.48. The minimum absolute atomic E-state index is 0.232. The molecule has 0 saturated carbocycles. The molecule has 0 bridgehead atoms. The van der Waals surface area contributed by atoms with Gasteiger partial charge in [-0.25, -0.2) is 0 Å². The van der Waals surface area contributed by atoms with Crippen molar-refractivity contribution in [3.05, 3.63) is 0 Å². The lowest BCUT2D eigenvalue weighted by Crippen LogP contribution is -2.33. The molecule has 0 radical (unpaired) electrons. The molecular weight excluding hydrogens is 168 g/mol. The number of carbonyl (C=O) groups excluding carboxylic acids is 1. The van der Waals surface area contributed by atoms with Crippen LogP contribution >= 0.6 is 0 Å². The first-order chi connectivity index (χ1) is 6.04. The largest absolute Gasteiger partial charge is 0.348 e. The highest BCUT2D eigenvalue weighted by atomic mass is 16.8. The third kappa shape index (κ3) is 2.51. The van der Waals surface area contributed by atoms with Gasteiger partial charge in [0.1, 0.15) is 6.29 Å². The van der Waals surface area contributed by atoms with Crippen molar-refractivity contribution in [3.8, 4) is 0 Å². The maximum Gasteiger partial charge on any atom is 0.163 e. The van der Waals surface area contributed by atoms with E-state index in [2.05, 4.69) is 6.92 Å². The highest BCUT2D eigenvalue weighted by molar-refractivity contribution is 5.49. The van der Waals surface area contributed by atoms with Crippen LogP contribution in [0.4, 0.5) is 0 Å². The molecule has 1 saturated heterocycles. The van der Waals surface area contributed by atoms with Crippen molar-refractivity contribution in [3.63, 3.8) is 0 Å². The summed E-state index contributed by atoms with van der Waals surface area (Å²) < 4.78 is 11.3. The molecule has 3 nitrogen and oxygen atoms in total. The summed E-state index contributed by atoms with van der Waals surface area (Å²) in [5.41, 5.74) is -0.232. The fraction of sp³-hybridized carbons (Fsp3) is 0.900. The summed E-state index contributed by atoms with van der Waals surface area (Å²) in [6.07, 6.45) is 3.14. The van der Waals surface area contributed by atoms with E-state index in [1.807, 2.05) is 13.8 Å². The predicted octanol–water partition coefficient (Wildman–Crippen LogP) is 1.90. The first kappa shape index (κ1) is 10.7. The fourth-order valence-electron chi connectivity index (χ4n) is 1.68. The van der Waals surface area contributed by atoms with Gasteiger partial charge >= 0.3 is 0 Å². The van der Waals surface area contributed by atoms with E-state index in [4.69, 9.17) is 9.47 Å². The highest BCUT2D eigenvalue weighted by Gasteiger charge is 2.43. The SMILES string of the molecule is CC[C@]1(CCC=O)COC(C)(C)O1. The number of aldehydes is 1. The Hall–Kier alpha value is -0.410. The van der Waals surface area contributed by atoms with E-state index in [0.29, 0.717) is 13.0 Å². The smallest absolute Gasteiger partial charge is 0.163 e. The van der Waals surface area contributed by atoms with Crippen LogP contribution in [-0.2, 0) is 14.3 Å². The van der Waals surface area contributed by atoms with Gasteiger partial charge < -0.3 is 14.3 Å². The Labute approximate surface area is 79.4 Å². The van der Waals surface area contributed by atoms with Gasteiger partial charge in [-0.3, -0.25) is 0 Å². The van der Waals surface area contributed by atoms with E-state index in [0.717, 1.165) is 19.1 Å². The highest BCUT2D eigenvalue weighted by Crippen LogP contribution is 2.36. The maximum atomic E-state index is 10.3. The number of ether oxygens (including phenoxy) is 2. The van der Waals surface area contributed by atoms with Crippen molar-refractivity contribution in [1.82, 2.24) is 0 Å². The molecule has 0 aliphatic carbocycles. The molecule has 3 heteroatoms. The predicted molar refractivity (Wildman–Crippen MR) is 49.4 cm³/mol. The minimum atomic E-state index is -0.487. The number of hydrogen-bond donors (Lipinski definition) is 0. The molecular formula is C10H18O3. The van der Waals surface area contributed by atoms with Crippen LogP contribution in [0.25, 0.3) is 0 Å². The second-order valence-electron chi connectivity index (χ2n) is 4.03. The Balaban J connectivity index is 2.57. The lowest BCUT2D eigenvalue weighted by molar-refractivity contribution is -0.163. The molecule has 1 aliphatic heterocycles. The Kier molecular flexibility index (Phi) is 3.09. The van der Waals surface area contributed by atoms with E-state index in [1.165, 1.54) is 0 Å². The molecule has 0 aromatic rings. The Morgan fingerprint density at radius 1 is 1.46 bits per heavy atom. The van der Waals surface area contributed by atoms with Gasteiger partial charge in [-0.15, -0.1) is 0 Å². The maximum absolute atomic E-state index is 10.3. The van der Waals surface area contributed by atoms with E-state index in [1.54, 1.807) is 0 Å². The molecule has 1 rings (SSSR count). The molecule has 0 aromatic heterocycles. The first-order valence-electron chi connectivity index (χ1n) is 4.81. The Morgan fingerprint density at radius 2 is 2.15 bits per heavy atom. The first-order valence-corrected chi connectivity index (χ1v) is 4.81. The van der Waals surface area contributed by atoms with E-state index >= 15 is 0 Å². The summed E-state index contributed by atoms with van der Waals surface area (Å²) in [5.74, 6) is -0.487. The lowest BCUT2D eigenvalue weighted by Gasteiger charge is -2.27. The lowest BCUT2D eigenvalue weighted by atomic mass is 9.96. The molecule has 0 N–H and O–H groups in total.